The molecule has 6 atom stereocenters. The molecule has 2 bridgehead atoms. The highest BCUT2D eigenvalue weighted by atomic mass is 32.2. The number of hydrogen-bond donors (Lipinski definition) is 2. The number of esters is 1. The van der Waals surface area contributed by atoms with Gasteiger partial charge in [0.2, 0.25) is 10.0 Å². The average Bonchev–Trinajstić information content (AvgIpc) is 3.60. The van der Waals surface area contributed by atoms with Crippen molar-refractivity contribution in [3.05, 3.63) is 54.1 Å². The van der Waals surface area contributed by atoms with Crippen LogP contribution in [0.1, 0.15) is 38.7 Å². The predicted molar refractivity (Wildman–Crippen MR) is 166 cm³/mol. The van der Waals surface area contributed by atoms with Gasteiger partial charge in [-0.2, -0.15) is 4.31 Å². The van der Waals surface area contributed by atoms with Gasteiger partial charge in [-0.1, -0.05) is 26.0 Å². The Bertz CT molecular complexity index is 1370. The second-order valence-corrected chi connectivity index (χ2v) is 14.5. The van der Waals surface area contributed by atoms with E-state index in [-0.39, 0.29) is 48.9 Å². The molecule has 0 radical (unpaired) electrons. The van der Waals surface area contributed by atoms with E-state index >= 15 is 0 Å². The van der Waals surface area contributed by atoms with Crippen molar-refractivity contribution in [2.45, 2.75) is 69.0 Å². The summed E-state index contributed by atoms with van der Waals surface area (Å²) >= 11 is 0. The number of methoxy groups -OCH3 is 1. The van der Waals surface area contributed by atoms with Gasteiger partial charge in [-0.25, -0.2) is 8.42 Å². The topological polar surface area (TPSA) is 133 Å². The van der Waals surface area contributed by atoms with Crippen LogP contribution >= 0.6 is 0 Å². The Morgan fingerprint density at radius 2 is 1.82 bits per heavy atom. The van der Waals surface area contributed by atoms with Crippen LogP contribution in [-0.2, 0) is 35.4 Å². The first-order valence-electron chi connectivity index (χ1n) is 15.8. The van der Waals surface area contributed by atoms with Crippen LogP contribution in [0.5, 0.6) is 11.5 Å². The van der Waals surface area contributed by atoms with Crippen molar-refractivity contribution in [2.24, 2.45) is 17.8 Å². The molecule has 0 aromatic heterocycles. The highest BCUT2D eigenvalue weighted by Crippen LogP contribution is 2.34. The molecule has 2 saturated heterocycles. The minimum atomic E-state index is -3.96. The molecule has 3 heterocycles. The van der Waals surface area contributed by atoms with Crippen LogP contribution in [0.4, 0.5) is 0 Å². The maximum Gasteiger partial charge on any atom is 0.306 e. The van der Waals surface area contributed by atoms with E-state index in [0.29, 0.717) is 31.1 Å². The van der Waals surface area contributed by atoms with Gasteiger partial charge in [0.1, 0.15) is 17.6 Å². The van der Waals surface area contributed by atoms with Crippen LogP contribution in [0, 0.1) is 17.8 Å². The van der Waals surface area contributed by atoms with E-state index in [1.54, 1.807) is 12.1 Å². The molecule has 11 nitrogen and oxygen atoms in total. The summed E-state index contributed by atoms with van der Waals surface area (Å²) < 4.78 is 57.7. The predicted octanol–water partition coefficient (Wildman–Crippen LogP) is 3.00. The lowest BCUT2D eigenvalue weighted by Crippen LogP contribution is -2.44. The lowest BCUT2D eigenvalue weighted by Gasteiger charge is -2.30. The molecule has 3 aliphatic rings. The van der Waals surface area contributed by atoms with Gasteiger partial charge in [-0.3, -0.25) is 4.79 Å². The Labute approximate surface area is 266 Å². The number of ether oxygens (including phenoxy) is 5. The number of aliphatic hydroxyl groups excluding tert-OH is 1. The standard InChI is InChI=1S/C33H46N2O9S/c1-22(2)18-35(45(38,39)27-11-9-25(40-3)10-12-27)19-29(36)24-15-23-7-6-8-26(16-23)41-14-5-4-13-34-28-20-42-33-32(28)30(21-43-33)44-31(37)17-24/h6-12,16,22,24,28-30,32-34,36H,4-5,13-15,17-21H2,1-3H3/t24-,28+,29-,30+,32+,33-/m1/s1. The van der Waals surface area contributed by atoms with Crippen molar-refractivity contribution in [2.75, 3.05) is 46.6 Å². The van der Waals surface area contributed by atoms with Crippen LogP contribution in [-0.4, -0.2) is 94.9 Å². The number of carbonyl (C=O) groups is 1. The molecule has 0 unspecified atom stereocenters. The fraction of sp³-hybridized carbons (Fsp3) is 0.606. The zero-order valence-corrected chi connectivity index (χ0v) is 27.1. The minimum Gasteiger partial charge on any atom is -0.497 e. The molecule has 0 aliphatic carbocycles. The third kappa shape index (κ3) is 8.55. The summed E-state index contributed by atoms with van der Waals surface area (Å²) in [6, 6.07) is 13.8. The van der Waals surface area contributed by atoms with Gasteiger partial charge < -0.3 is 34.1 Å². The van der Waals surface area contributed by atoms with Crippen molar-refractivity contribution in [1.82, 2.24) is 9.62 Å². The van der Waals surface area contributed by atoms with Gasteiger partial charge in [0.05, 0.1) is 50.3 Å². The molecule has 2 aromatic carbocycles. The summed E-state index contributed by atoms with van der Waals surface area (Å²) in [4.78, 5) is 13.6. The molecule has 0 amide bonds. The first kappa shape index (κ1) is 33.6. The summed E-state index contributed by atoms with van der Waals surface area (Å²) in [5.41, 5.74) is 0.872. The third-order valence-corrected chi connectivity index (χ3v) is 10.5. The number of sulfonamides is 1. The van der Waals surface area contributed by atoms with E-state index in [1.165, 1.54) is 23.5 Å². The fourth-order valence-electron chi connectivity index (χ4n) is 6.29. The van der Waals surface area contributed by atoms with Crippen molar-refractivity contribution in [3.8, 4) is 11.5 Å². The first-order valence-corrected chi connectivity index (χ1v) is 17.3. The van der Waals surface area contributed by atoms with E-state index in [1.807, 2.05) is 38.1 Å². The van der Waals surface area contributed by atoms with E-state index < -0.39 is 40.4 Å². The maximum atomic E-state index is 13.8. The molecular formula is C33H46N2O9S. The summed E-state index contributed by atoms with van der Waals surface area (Å²) in [7, 11) is -2.44. The number of carbonyl (C=O) groups excluding carboxylic acids is 1. The second kappa shape index (κ2) is 15.2. The van der Waals surface area contributed by atoms with Crippen molar-refractivity contribution in [1.29, 1.82) is 0 Å². The van der Waals surface area contributed by atoms with E-state index in [4.69, 9.17) is 23.7 Å². The average molecular weight is 647 g/mol. The lowest BCUT2D eigenvalue weighted by molar-refractivity contribution is -0.153. The highest BCUT2D eigenvalue weighted by Gasteiger charge is 2.49. The van der Waals surface area contributed by atoms with Gasteiger partial charge in [-0.05, 0) is 73.7 Å². The highest BCUT2D eigenvalue weighted by molar-refractivity contribution is 7.89. The summed E-state index contributed by atoms with van der Waals surface area (Å²) in [6.07, 6.45) is -0.0589. The number of rotatable bonds is 8. The number of nitrogens with zero attached hydrogens (tertiary/aromatic N) is 1. The first-order chi connectivity index (χ1) is 21.6. The Hall–Kier alpha value is -2.74. The fourth-order valence-corrected chi connectivity index (χ4v) is 7.91. The molecule has 5 rings (SSSR count). The molecule has 0 spiro atoms. The Kier molecular flexibility index (Phi) is 11.4. The third-order valence-electron chi connectivity index (χ3n) is 8.63. The van der Waals surface area contributed by atoms with Crippen molar-refractivity contribution in [3.63, 3.8) is 0 Å². The van der Waals surface area contributed by atoms with Crippen LogP contribution in [0.25, 0.3) is 0 Å². The van der Waals surface area contributed by atoms with Gasteiger partial charge in [-0.15, -0.1) is 0 Å². The molecular weight excluding hydrogens is 600 g/mol. The number of benzene rings is 2. The van der Waals surface area contributed by atoms with Crippen LogP contribution in [0.3, 0.4) is 0 Å². The number of fused-ring (bicyclic) bond motifs is 2. The van der Waals surface area contributed by atoms with E-state index in [9.17, 15) is 18.3 Å². The van der Waals surface area contributed by atoms with Gasteiger partial charge in [0.15, 0.2) is 6.29 Å². The molecule has 2 aromatic rings. The van der Waals surface area contributed by atoms with E-state index in [0.717, 1.165) is 24.9 Å². The van der Waals surface area contributed by atoms with Gasteiger partial charge in [0, 0.05) is 25.0 Å². The summed E-state index contributed by atoms with van der Waals surface area (Å²) in [6.45, 7) is 5.91. The number of hydrogen-bond acceptors (Lipinski definition) is 10. The lowest BCUT2D eigenvalue weighted by atomic mass is 9.90. The monoisotopic (exact) mass is 646 g/mol. The molecule has 2 N–H and O–H groups in total. The molecule has 0 saturated carbocycles. The summed E-state index contributed by atoms with van der Waals surface area (Å²) in [5.74, 6) is 0.0232. The molecule has 12 heteroatoms. The SMILES string of the molecule is COc1ccc(S(=O)(=O)N(CC(C)C)C[C@@H](O)[C@H]2CC(=O)O[C@H]3CO[C@H]4OC[C@H](NCCCCOc5cccc(c5)C2)[C@H]43)cc1. The Morgan fingerprint density at radius 3 is 2.58 bits per heavy atom. The second-order valence-electron chi connectivity index (χ2n) is 12.5. The molecule has 45 heavy (non-hydrogen) atoms. The van der Waals surface area contributed by atoms with Crippen molar-refractivity contribution < 1.29 is 42.0 Å². The van der Waals surface area contributed by atoms with Crippen LogP contribution < -0.4 is 14.8 Å². The maximum absolute atomic E-state index is 13.8. The zero-order chi connectivity index (χ0) is 32.0. The Morgan fingerprint density at radius 1 is 1.04 bits per heavy atom. The molecule has 2 fully saturated rings. The van der Waals surface area contributed by atoms with E-state index in [2.05, 4.69) is 5.32 Å². The smallest absolute Gasteiger partial charge is 0.306 e. The largest absolute Gasteiger partial charge is 0.497 e. The summed E-state index contributed by atoms with van der Waals surface area (Å²) in [5, 5.41) is 15.2. The number of aliphatic hydroxyl groups is 1. The van der Waals surface area contributed by atoms with Gasteiger partial charge in [0.25, 0.3) is 0 Å². The zero-order valence-electron chi connectivity index (χ0n) is 26.3. The number of nitrogens with one attached hydrogen (secondary N) is 1. The Balaban J connectivity index is 1.39. The molecule has 248 valence electrons. The quantitative estimate of drug-likeness (QED) is 0.413. The van der Waals surface area contributed by atoms with Crippen molar-refractivity contribution >= 4 is 16.0 Å². The minimum absolute atomic E-state index is 0.00366. The van der Waals surface area contributed by atoms with Crippen LogP contribution in [0.2, 0.25) is 0 Å². The normalized spacial score (nSPS) is 27.0. The molecule has 3 aliphatic heterocycles. The van der Waals surface area contributed by atoms with Crippen LogP contribution in [0.15, 0.2) is 53.4 Å². The van der Waals surface area contributed by atoms with Gasteiger partial charge >= 0.3 is 5.97 Å².